The van der Waals surface area contributed by atoms with E-state index in [-0.39, 0.29) is 54.9 Å². The van der Waals surface area contributed by atoms with Crippen LogP contribution in [0.1, 0.15) is 104 Å². The number of aryl methyl sites for hydroxylation is 1. The average Bonchev–Trinajstić information content (AvgIpc) is 3.49. The van der Waals surface area contributed by atoms with Crippen molar-refractivity contribution in [2.45, 2.75) is 146 Å². The van der Waals surface area contributed by atoms with Gasteiger partial charge in [-0.2, -0.15) is 0 Å². The van der Waals surface area contributed by atoms with E-state index in [4.69, 9.17) is 28.4 Å². The molecule has 53 heavy (non-hydrogen) atoms. The fourth-order valence-corrected chi connectivity index (χ4v) is 13.2. The maximum atomic E-state index is 14.8. The van der Waals surface area contributed by atoms with Crippen molar-refractivity contribution in [3.05, 3.63) is 53.1 Å². The first-order chi connectivity index (χ1) is 25.2. The predicted molar refractivity (Wildman–Crippen MR) is 205 cm³/mol. The lowest BCUT2D eigenvalue weighted by Crippen LogP contribution is -2.54. The third-order valence-electron chi connectivity index (χ3n) is 14.3. The molecule has 1 aromatic rings. The molecule has 5 aliphatic rings. The molecule has 6 rings (SSSR count). The highest BCUT2D eigenvalue weighted by Crippen LogP contribution is 2.67. The van der Waals surface area contributed by atoms with Crippen LogP contribution in [0.3, 0.4) is 0 Å². The number of ether oxygens (including phenoxy) is 6. The molecule has 4 fully saturated rings. The lowest BCUT2D eigenvalue weighted by molar-refractivity contribution is -0.239. The first-order valence-electron chi connectivity index (χ1n) is 20.1. The van der Waals surface area contributed by atoms with Crippen molar-refractivity contribution < 1.29 is 41.9 Å². The van der Waals surface area contributed by atoms with Crippen LogP contribution in [0.5, 0.6) is 0 Å². The average molecular weight is 759 g/mol. The molecule has 4 aliphatic carbocycles. The Morgan fingerprint density at radius 1 is 0.962 bits per heavy atom. The molecule has 1 saturated heterocycles. The zero-order valence-electron chi connectivity index (χ0n) is 33.5. The molecule has 0 spiro atoms. The molecule has 1 heterocycles. The molecular weight excluding hydrogens is 693 g/mol. The summed E-state index contributed by atoms with van der Waals surface area (Å²) in [6, 6.07) is 7.19. The molecule has 0 aromatic heterocycles. The van der Waals surface area contributed by atoms with E-state index in [2.05, 4.69) is 32.9 Å². The summed E-state index contributed by atoms with van der Waals surface area (Å²) in [4.78, 5) is 0.317. The number of rotatable bonds is 15. The topological polar surface area (TPSA) is 110 Å². The Morgan fingerprint density at radius 2 is 1.68 bits per heavy atom. The molecule has 9 nitrogen and oxygen atoms in total. The summed E-state index contributed by atoms with van der Waals surface area (Å²) in [5.41, 5.74) is 2.62. The third kappa shape index (κ3) is 8.00. The molecule has 10 heteroatoms. The molecule has 11 atom stereocenters. The summed E-state index contributed by atoms with van der Waals surface area (Å²) in [5, 5.41) is 11.1. The van der Waals surface area contributed by atoms with Crippen molar-refractivity contribution in [1.29, 1.82) is 0 Å². The van der Waals surface area contributed by atoms with E-state index in [9.17, 15) is 13.5 Å². The Morgan fingerprint density at radius 3 is 2.36 bits per heavy atom. The van der Waals surface area contributed by atoms with Gasteiger partial charge >= 0.3 is 0 Å². The van der Waals surface area contributed by atoms with Crippen LogP contribution in [0.25, 0.3) is 0 Å². The van der Waals surface area contributed by atoms with E-state index in [0.29, 0.717) is 23.3 Å². The van der Waals surface area contributed by atoms with E-state index in [1.807, 2.05) is 32.9 Å². The van der Waals surface area contributed by atoms with Gasteiger partial charge < -0.3 is 33.5 Å². The molecule has 0 radical (unpaired) electrons. The lowest BCUT2D eigenvalue weighted by atomic mass is 9.49. The molecule has 1 N–H and O–H groups in total. The molecule has 1 aromatic carbocycles. The van der Waals surface area contributed by atoms with Crippen molar-refractivity contribution in [2.24, 2.45) is 34.5 Å². The van der Waals surface area contributed by atoms with E-state index < -0.39 is 33.1 Å². The van der Waals surface area contributed by atoms with Crippen LogP contribution in [0.4, 0.5) is 0 Å². The number of fused-ring (bicyclic) bond motifs is 5. The normalized spacial score (nSPS) is 35.0. The number of methoxy groups -OCH3 is 2. The molecule has 1 aliphatic heterocycles. The van der Waals surface area contributed by atoms with Crippen molar-refractivity contribution in [3.63, 3.8) is 0 Å². The minimum absolute atomic E-state index is 0.0185. The van der Waals surface area contributed by atoms with E-state index in [1.165, 1.54) is 11.1 Å². The Bertz CT molecular complexity index is 1560. The second-order valence-electron chi connectivity index (χ2n) is 17.7. The molecule has 0 amide bonds. The Hall–Kier alpha value is -1.63. The summed E-state index contributed by atoms with van der Waals surface area (Å²) in [6.45, 7) is 13.8. The fraction of sp³-hybridized carbons (Fsp3) is 0.767. The van der Waals surface area contributed by atoms with Gasteiger partial charge in [0.2, 0.25) is 0 Å². The molecule has 3 unspecified atom stereocenters. The van der Waals surface area contributed by atoms with Gasteiger partial charge in [-0.25, -0.2) is 8.42 Å². The smallest absolute Gasteiger partial charge is 0.181 e. The van der Waals surface area contributed by atoms with Crippen molar-refractivity contribution in [2.75, 3.05) is 34.4 Å². The number of allylic oxidation sites excluding steroid dienone is 3. The molecular formula is C43H66O9S. The van der Waals surface area contributed by atoms with Gasteiger partial charge in [0, 0.05) is 32.7 Å². The quantitative estimate of drug-likeness (QED) is 0.178. The van der Waals surface area contributed by atoms with E-state index >= 15 is 0 Å². The van der Waals surface area contributed by atoms with Crippen LogP contribution in [-0.2, 0) is 38.3 Å². The number of sulfone groups is 1. The number of aliphatic hydroxyl groups is 1. The van der Waals surface area contributed by atoms with Gasteiger partial charge in [-0.1, -0.05) is 61.8 Å². The Balaban J connectivity index is 1.29. The number of hydrogen-bond acceptors (Lipinski definition) is 9. The number of aliphatic hydroxyl groups excluding tert-OH is 1. The third-order valence-corrected chi connectivity index (χ3v) is 16.6. The highest BCUT2D eigenvalue weighted by atomic mass is 32.2. The van der Waals surface area contributed by atoms with Gasteiger partial charge in [0.15, 0.2) is 16.1 Å². The summed E-state index contributed by atoms with van der Waals surface area (Å²) in [6.07, 6.45) is 11.8. The highest BCUT2D eigenvalue weighted by Gasteiger charge is 2.60. The van der Waals surface area contributed by atoms with Gasteiger partial charge in [-0.3, -0.25) is 0 Å². The largest absolute Gasteiger partial charge is 0.390 e. The first-order valence-corrected chi connectivity index (χ1v) is 21.6. The first kappa shape index (κ1) is 41.0. The predicted octanol–water partition coefficient (Wildman–Crippen LogP) is 7.93. The summed E-state index contributed by atoms with van der Waals surface area (Å²) in [7, 11) is -0.481. The van der Waals surface area contributed by atoms with E-state index in [0.717, 1.165) is 63.4 Å². The zero-order chi connectivity index (χ0) is 38.2. The van der Waals surface area contributed by atoms with Crippen LogP contribution in [0.2, 0.25) is 0 Å². The zero-order valence-corrected chi connectivity index (χ0v) is 34.3. The van der Waals surface area contributed by atoms with Gasteiger partial charge in [-0.05, 0) is 120 Å². The van der Waals surface area contributed by atoms with Crippen molar-refractivity contribution in [3.8, 4) is 0 Å². The Labute approximate surface area is 319 Å². The molecule has 3 saturated carbocycles. The SMILES string of the molecule is COCO[C@@H]1CC2=CC=C3[C@@H]4CC[C@H]([C@H](C)C(CC(O)C(C)(C)OC5CCCCO5)S(=O)(=O)c5ccc(C)cc5)[C@@]4(C)CC[C@@H]3[C@@]2(C)[C@@H](OCOC)C1. The van der Waals surface area contributed by atoms with Crippen molar-refractivity contribution >= 4 is 9.84 Å². The monoisotopic (exact) mass is 758 g/mol. The summed E-state index contributed by atoms with van der Waals surface area (Å²) in [5.74, 6) is 0.633. The lowest BCUT2D eigenvalue weighted by Gasteiger charge is -2.57. The summed E-state index contributed by atoms with van der Waals surface area (Å²) >= 11 is 0. The molecule has 0 bridgehead atoms. The second kappa shape index (κ2) is 16.5. The van der Waals surface area contributed by atoms with E-state index in [1.54, 1.807) is 26.4 Å². The minimum Gasteiger partial charge on any atom is -0.390 e. The van der Waals surface area contributed by atoms with Crippen molar-refractivity contribution in [1.82, 2.24) is 0 Å². The van der Waals surface area contributed by atoms with Crippen LogP contribution in [0.15, 0.2) is 52.5 Å². The Kier molecular flexibility index (Phi) is 12.7. The highest BCUT2D eigenvalue weighted by molar-refractivity contribution is 7.92. The van der Waals surface area contributed by atoms with Gasteiger partial charge in [0.25, 0.3) is 0 Å². The fourth-order valence-electron chi connectivity index (χ4n) is 11.1. The van der Waals surface area contributed by atoms with Gasteiger partial charge in [0.1, 0.15) is 13.6 Å². The van der Waals surface area contributed by atoms with Crippen LogP contribution in [-0.4, -0.2) is 83.4 Å². The standard InChI is InChI=1S/C43H66O9S/c1-28-12-15-32(16-13-28)53(45,46)37(25-38(44)41(3,4)52-40-11-9-10-22-49-40)29(2)34-18-19-35-33-17-14-30-23-31(50-26-47-7)24-39(51-27-48-8)43(30,6)36(33)20-21-42(34,35)5/h12-17,29,31,34-40,44H,9-11,18-27H2,1-8H3/t29-,31+,34+,35-,36-,37?,38?,39-,40?,42+,43-/m0/s1. The van der Waals surface area contributed by atoms with Crippen LogP contribution in [0, 0.1) is 41.4 Å². The van der Waals surface area contributed by atoms with Crippen LogP contribution >= 0.6 is 0 Å². The van der Waals surface area contributed by atoms with Crippen LogP contribution < -0.4 is 0 Å². The maximum Gasteiger partial charge on any atom is 0.181 e. The second-order valence-corrected chi connectivity index (χ2v) is 19.9. The minimum atomic E-state index is -3.80. The number of hydrogen-bond donors (Lipinski definition) is 1. The van der Waals surface area contributed by atoms with Gasteiger partial charge in [0.05, 0.1) is 34.1 Å². The summed E-state index contributed by atoms with van der Waals surface area (Å²) < 4.78 is 65.0. The maximum absolute atomic E-state index is 14.8. The number of benzene rings is 1. The molecule has 298 valence electrons. The van der Waals surface area contributed by atoms with Gasteiger partial charge in [-0.15, -0.1) is 0 Å².